The number of esters is 1. The van der Waals surface area contributed by atoms with E-state index in [1.165, 1.54) is 13.2 Å². The zero-order valence-corrected chi connectivity index (χ0v) is 14.3. The molecule has 5 heteroatoms. The Hall–Kier alpha value is -2.56. The smallest absolute Gasteiger partial charge is 0.306 e. The van der Waals surface area contributed by atoms with Gasteiger partial charge in [-0.15, -0.1) is 0 Å². The van der Waals surface area contributed by atoms with Crippen LogP contribution in [0.25, 0.3) is 0 Å². The van der Waals surface area contributed by atoms with E-state index in [0.29, 0.717) is 11.7 Å². The average Bonchev–Trinajstić information content (AvgIpc) is 2.56. The fraction of sp³-hybridized carbons (Fsp3) is 0.368. The molecule has 0 unspecified atom stereocenters. The molecule has 2 rings (SSSR count). The minimum Gasteiger partial charge on any atom is -0.502 e. The van der Waals surface area contributed by atoms with Crippen LogP contribution in [0.1, 0.15) is 54.8 Å². The second-order valence-corrected chi connectivity index (χ2v) is 6.09. The fourth-order valence-corrected chi connectivity index (χ4v) is 2.59. The summed E-state index contributed by atoms with van der Waals surface area (Å²) >= 11 is 0. The van der Waals surface area contributed by atoms with Gasteiger partial charge in [-0.05, 0) is 24.0 Å². The van der Waals surface area contributed by atoms with Gasteiger partial charge in [0.05, 0.1) is 19.4 Å². The van der Waals surface area contributed by atoms with E-state index in [9.17, 15) is 14.7 Å². The van der Waals surface area contributed by atoms with Crippen molar-refractivity contribution in [2.45, 2.75) is 39.0 Å². The maximum Gasteiger partial charge on any atom is 0.306 e. The Morgan fingerprint density at radius 2 is 1.79 bits per heavy atom. The van der Waals surface area contributed by atoms with E-state index in [-0.39, 0.29) is 12.2 Å². The standard InChI is InChI=1S/C19H22O5/c1-11(2)13-5-7-14(8-6-13)15(10-17(21)23-4)19-18(22)16(20)9-12(3)24-19/h5-9,11,15,22H,10H2,1-4H3/t15-/m0/s1. The molecule has 1 heterocycles. The quantitative estimate of drug-likeness (QED) is 0.849. The molecule has 1 aromatic heterocycles. The maximum absolute atomic E-state index is 11.9. The van der Waals surface area contributed by atoms with Gasteiger partial charge >= 0.3 is 5.97 Å². The largest absolute Gasteiger partial charge is 0.502 e. The molecule has 5 nitrogen and oxygen atoms in total. The molecule has 24 heavy (non-hydrogen) atoms. The molecule has 0 amide bonds. The van der Waals surface area contributed by atoms with Gasteiger partial charge in [0.25, 0.3) is 0 Å². The Morgan fingerprint density at radius 1 is 1.21 bits per heavy atom. The first-order valence-corrected chi connectivity index (χ1v) is 7.83. The zero-order chi connectivity index (χ0) is 17.9. The maximum atomic E-state index is 11.9. The molecule has 0 spiro atoms. The number of methoxy groups -OCH3 is 1. The summed E-state index contributed by atoms with van der Waals surface area (Å²) < 4.78 is 10.3. The Balaban J connectivity index is 2.53. The molecule has 128 valence electrons. The van der Waals surface area contributed by atoms with E-state index in [2.05, 4.69) is 13.8 Å². The van der Waals surface area contributed by atoms with Crippen LogP contribution in [0.5, 0.6) is 5.75 Å². The molecular formula is C19H22O5. The summed E-state index contributed by atoms with van der Waals surface area (Å²) in [6.07, 6.45) is -0.0303. The molecule has 0 aliphatic carbocycles. The summed E-state index contributed by atoms with van der Waals surface area (Å²) in [5.41, 5.74) is 1.40. The van der Waals surface area contributed by atoms with Gasteiger partial charge in [-0.25, -0.2) is 0 Å². The molecule has 0 aliphatic rings. The monoisotopic (exact) mass is 330 g/mol. The van der Waals surface area contributed by atoms with Crippen molar-refractivity contribution in [1.82, 2.24) is 0 Å². The summed E-state index contributed by atoms with van der Waals surface area (Å²) in [5, 5.41) is 10.1. The van der Waals surface area contributed by atoms with Crippen molar-refractivity contribution in [3.05, 3.63) is 63.2 Å². The Bertz CT molecular complexity index is 771. The van der Waals surface area contributed by atoms with Gasteiger partial charge in [-0.3, -0.25) is 9.59 Å². The molecule has 0 saturated carbocycles. The van der Waals surface area contributed by atoms with Crippen molar-refractivity contribution < 1.29 is 19.1 Å². The molecule has 0 radical (unpaired) electrons. The van der Waals surface area contributed by atoms with Crippen LogP contribution in [0.15, 0.2) is 39.5 Å². The molecule has 0 fully saturated rings. The van der Waals surface area contributed by atoms with Gasteiger partial charge < -0.3 is 14.3 Å². The SMILES string of the molecule is COC(=O)C[C@@H](c1ccc(C(C)C)cc1)c1oc(C)cc(=O)c1O. The Morgan fingerprint density at radius 3 is 2.33 bits per heavy atom. The van der Waals surface area contributed by atoms with Crippen LogP contribution < -0.4 is 5.43 Å². The highest BCUT2D eigenvalue weighted by molar-refractivity contribution is 5.71. The molecule has 0 bridgehead atoms. The number of rotatable bonds is 5. The highest BCUT2D eigenvalue weighted by Crippen LogP contribution is 2.33. The molecule has 1 N–H and O–H groups in total. The van der Waals surface area contributed by atoms with Crippen molar-refractivity contribution in [2.24, 2.45) is 0 Å². The number of ether oxygens (including phenoxy) is 1. The average molecular weight is 330 g/mol. The van der Waals surface area contributed by atoms with Crippen LogP contribution in [-0.2, 0) is 9.53 Å². The van der Waals surface area contributed by atoms with Gasteiger partial charge in [0.1, 0.15) is 5.76 Å². The lowest BCUT2D eigenvalue weighted by molar-refractivity contribution is -0.140. The number of benzene rings is 1. The van der Waals surface area contributed by atoms with Gasteiger partial charge in [0.2, 0.25) is 11.2 Å². The minimum absolute atomic E-state index is 0.0303. The molecule has 1 aromatic carbocycles. The number of aromatic hydroxyl groups is 1. The molecule has 2 aromatic rings. The van der Waals surface area contributed by atoms with Crippen molar-refractivity contribution in [3.8, 4) is 5.75 Å². The summed E-state index contributed by atoms with van der Waals surface area (Å²) in [6, 6.07) is 8.91. The van der Waals surface area contributed by atoms with Crippen LogP contribution in [-0.4, -0.2) is 18.2 Å². The number of aryl methyl sites for hydroxylation is 1. The van der Waals surface area contributed by atoms with Crippen molar-refractivity contribution in [3.63, 3.8) is 0 Å². The van der Waals surface area contributed by atoms with E-state index in [1.807, 2.05) is 24.3 Å². The van der Waals surface area contributed by atoms with Gasteiger partial charge in [-0.2, -0.15) is 0 Å². The lowest BCUT2D eigenvalue weighted by Gasteiger charge is -2.17. The summed E-state index contributed by atoms with van der Waals surface area (Å²) in [6.45, 7) is 5.81. The third-order valence-corrected chi connectivity index (χ3v) is 3.99. The first-order valence-electron chi connectivity index (χ1n) is 7.83. The topological polar surface area (TPSA) is 76.7 Å². The highest BCUT2D eigenvalue weighted by atomic mass is 16.5. The zero-order valence-electron chi connectivity index (χ0n) is 14.3. The number of hydrogen-bond acceptors (Lipinski definition) is 5. The molecule has 0 saturated heterocycles. The Kier molecular flexibility index (Phi) is 5.44. The predicted molar refractivity (Wildman–Crippen MR) is 90.4 cm³/mol. The van der Waals surface area contributed by atoms with Crippen LogP contribution in [0, 0.1) is 6.92 Å². The van der Waals surface area contributed by atoms with Gasteiger partial charge in [0.15, 0.2) is 5.76 Å². The molecular weight excluding hydrogens is 308 g/mol. The predicted octanol–water partition coefficient (Wildman–Crippen LogP) is 3.47. The van der Waals surface area contributed by atoms with E-state index in [4.69, 9.17) is 9.15 Å². The van der Waals surface area contributed by atoms with Crippen molar-refractivity contribution in [1.29, 1.82) is 0 Å². The third kappa shape index (κ3) is 3.85. The van der Waals surface area contributed by atoms with Crippen molar-refractivity contribution >= 4 is 5.97 Å². The molecule has 1 atom stereocenters. The minimum atomic E-state index is -0.591. The number of carbonyl (C=O) groups excluding carboxylic acids is 1. The van der Waals surface area contributed by atoms with Crippen LogP contribution in [0.2, 0.25) is 0 Å². The van der Waals surface area contributed by atoms with E-state index in [0.717, 1.165) is 11.1 Å². The van der Waals surface area contributed by atoms with E-state index >= 15 is 0 Å². The summed E-state index contributed by atoms with van der Waals surface area (Å²) in [7, 11) is 1.30. The van der Waals surface area contributed by atoms with Gasteiger partial charge in [0, 0.05) is 6.07 Å². The second kappa shape index (κ2) is 7.34. The third-order valence-electron chi connectivity index (χ3n) is 3.99. The first-order chi connectivity index (χ1) is 11.3. The van der Waals surface area contributed by atoms with Gasteiger partial charge in [-0.1, -0.05) is 38.1 Å². The summed E-state index contributed by atoms with van der Waals surface area (Å²) in [4.78, 5) is 23.7. The van der Waals surface area contributed by atoms with Crippen LogP contribution in [0.3, 0.4) is 0 Å². The van der Waals surface area contributed by atoms with E-state index in [1.54, 1.807) is 6.92 Å². The summed E-state index contributed by atoms with van der Waals surface area (Å²) in [5.74, 6) is -0.669. The Labute approximate surface area is 140 Å². The van der Waals surface area contributed by atoms with Crippen molar-refractivity contribution in [2.75, 3.05) is 7.11 Å². The van der Waals surface area contributed by atoms with Crippen LogP contribution >= 0.6 is 0 Å². The van der Waals surface area contributed by atoms with E-state index < -0.39 is 23.1 Å². The highest BCUT2D eigenvalue weighted by Gasteiger charge is 2.26. The fourth-order valence-electron chi connectivity index (χ4n) is 2.59. The molecule has 0 aliphatic heterocycles. The lowest BCUT2D eigenvalue weighted by atomic mass is 9.90. The lowest BCUT2D eigenvalue weighted by Crippen LogP contribution is -2.13. The van der Waals surface area contributed by atoms with Crippen LogP contribution in [0.4, 0.5) is 0 Å². The first kappa shape index (κ1) is 17.8. The number of hydrogen-bond donors (Lipinski definition) is 1. The number of carbonyl (C=O) groups is 1. The normalized spacial score (nSPS) is 12.2. The second-order valence-electron chi connectivity index (χ2n) is 6.09.